The van der Waals surface area contributed by atoms with Crippen molar-refractivity contribution in [3.63, 3.8) is 0 Å². The van der Waals surface area contributed by atoms with Gasteiger partial charge in [0, 0.05) is 0 Å². The average Bonchev–Trinajstić information content (AvgIpc) is 2.48. The van der Waals surface area contributed by atoms with Crippen molar-refractivity contribution in [3.05, 3.63) is 60.2 Å². The first-order valence-corrected chi connectivity index (χ1v) is 6.53. The monoisotopic (exact) mass is 284 g/mol. The summed E-state index contributed by atoms with van der Waals surface area (Å²) in [5.41, 5.74) is 5.95. The molecule has 2 aromatic carbocycles. The van der Waals surface area contributed by atoms with Crippen LogP contribution in [0.2, 0.25) is 0 Å². The first-order chi connectivity index (χ1) is 10.2. The number of carbonyl (C=O) groups excluding carboxylic acids is 2. The molecule has 0 aliphatic rings. The number of nitrogens with one attached hydrogen (secondary N) is 1. The van der Waals surface area contributed by atoms with E-state index < -0.39 is 5.91 Å². The standard InChI is InChI=1S/C16H16N2O3/c17-16(20)13-8-4-5-9-14(13)18-15(19)10-11-21-12-6-2-1-3-7-12/h1-9H,10-11H2,(H2,17,20)(H,18,19). The maximum Gasteiger partial charge on any atom is 0.250 e. The first kappa shape index (κ1) is 14.6. The number of benzene rings is 2. The summed E-state index contributed by atoms with van der Waals surface area (Å²) in [6.07, 6.45) is 0.183. The summed E-state index contributed by atoms with van der Waals surface area (Å²) in [5, 5.41) is 2.66. The summed E-state index contributed by atoms with van der Waals surface area (Å²) in [6.45, 7) is 0.259. The number of hydrogen-bond donors (Lipinski definition) is 2. The molecular weight excluding hydrogens is 268 g/mol. The van der Waals surface area contributed by atoms with Crippen molar-refractivity contribution in [1.82, 2.24) is 0 Å². The van der Waals surface area contributed by atoms with Crippen molar-refractivity contribution in [2.45, 2.75) is 6.42 Å². The molecule has 0 aliphatic carbocycles. The molecule has 0 fully saturated rings. The molecule has 0 aromatic heterocycles. The zero-order valence-electron chi connectivity index (χ0n) is 11.4. The predicted octanol–water partition coefficient (Wildman–Crippen LogP) is 2.19. The van der Waals surface area contributed by atoms with Gasteiger partial charge in [-0.05, 0) is 24.3 Å². The number of carbonyl (C=O) groups is 2. The van der Waals surface area contributed by atoms with Crippen LogP contribution in [0.25, 0.3) is 0 Å². The van der Waals surface area contributed by atoms with Crippen LogP contribution in [0.1, 0.15) is 16.8 Å². The van der Waals surface area contributed by atoms with Gasteiger partial charge in [0.15, 0.2) is 0 Å². The molecule has 0 heterocycles. The smallest absolute Gasteiger partial charge is 0.250 e. The van der Waals surface area contributed by atoms with Crippen LogP contribution in [0.5, 0.6) is 5.75 Å². The minimum atomic E-state index is -0.577. The molecule has 0 unspecified atom stereocenters. The summed E-state index contributed by atoms with van der Waals surface area (Å²) < 4.78 is 5.44. The van der Waals surface area contributed by atoms with Crippen molar-refractivity contribution < 1.29 is 14.3 Å². The Morgan fingerprint density at radius 3 is 2.38 bits per heavy atom. The van der Waals surface area contributed by atoms with Crippen LogP contribution in [0.15, 0.2) is 54.6 Å². The Morgan fingerprint density at radius 2 is 1.67 bits per heavy atom. The van der Waals surface area contributed by atoms with E-state index in [1.165, 1.54) is 0 Å². The Morgan fingerprint density at radius 1 is 1.00 bits per heavy atom. The fraction of sp³-hybridized carbons (Fsp3) is 0.125. The fourth-order valence-corrected chi connectivity index (χ4v) is 1.80. The highest BCUT2D eigenvalue weighted by Gasteiger charge is 2.10. The lowest BCUT2D eigenvalue weighted by molar-refractivity contribution is -0.116. The van der Waals surface area contributed by atoms with Crippen molar-refractivity contribution in [3.8, 4) is 5.75 Å². The third-order valence-corrected chi connectivity index (χ3v) is 2.81. The normalized spacial score (nSPS) is 9.90. The minimum Gasteiger partial charge on any atom is -0.493 e. The predicted molar refractivity (Wildman–Crippen MR) is 80.1 cm³/mol. The van der Waals surface area contributed by atoms with E-state index in [9.17, 15) is 9.59 Å². The zero-order valence-corrected chi connectivity index (χ0v) is 11.4. The van der Waals surface area contributed by atoms with Gasteiger partial charge in [-0.1, -0.05) is 30.3 Å². The minimum absolute atomic E-state index is 0.183. The van der Waals surface area contributed by atoms with E-state index >= 15 is 0 Å². The van der Waals surface area contributed by atoms with Gasteiger partial charge in [-0.25, -0.2) is 0 Å². The van der Waals surface area contributed by atoms with Gasteiger partial charge in [0.25, 0.3) is 5.91 Å². The molecule has 5 nitrogen and oxygen atoms in total. The topological polar surface area (TPSA) is 81.4 Å². The molecule has 0 aliphatic heterocycles. The van der Waals surface area contributed by atoms with Crippen molar-refractivity contribution in [2.75, 3.05) is 11.9 Å². The van der Waals surface area contributed by atoms with Crippen LogP contribution < -0.4 is 15.8 Å². The molecule has 3 N–H and O–H groups in total. The lowest BCUT2D eigenvalue weighted by Gasteiger charge is -2.09. The van der Waals surface area contributed by atoms with Crippen molar-refractivity contribution in [1.29, 1.82) is 0 Å². The SMILES string of the molecule is NC(=O)c1ccccc1NC(=O)CCOc1ccccc1. The fourth-order valence-electron chi connectivity index (χ4n) is 1.80. The lowest BCUT2D eigenvalue weighted by atomic mass is 10.1. The van der Waals surface area contributed by atoms with Gasteiger partial charge in [-0.15, -0.1) is 0 Å². The Labute approximate surface area is 122 Å². The van der Waals surface area contributed by atoms with Crippen LogP contribution in [-0.2, 0) is 4.79 Å². The van der Waals surface area contributed by atoms with E-state index in [1.54, 1.807) is 24.3 Å². The number of amides is 2. The van der Waals surface area contributed by atoms with Crippen LogP contribution >= 0.6 is 0 Å². The van der Waals surface area contributed by atoms with Gasteiger partial charge in [0.2, 0.25) is 5.91 Å². The van der Waals surface area contributed by atoms with Crippen LogP contribution in [0, 0.1) is 0 Å². The number of ether oxygens (including phenoxy) is 1. The van der Waals surface area contributed by atoms with Gasteiger partial charge in [0.1, 0.15) is 5.75 Å². The number of nitrogens with two attached hydrogens (primary N) is 1. The zero-order chi connectivity index (χ0) is 15.1. The molecule has 2 rings (SSSR count). The molecule has 2 aromatic rings. The maximum atomic E-state index is 11.8. The molecule has 5 heteroatoms. The molecular formula is C16H16N2O3. The van der Waals surface area contributed by atoms with Crippen molar-refractivity contribution in [2.24, 2.45) is 5.73 Å². The summed E-state index contributed by atoms with van der Waals surface area (Å²) in [6, 6.07) is 15.9. The molecule has 2 amide bonds. The second-order valence-corrected chi connectivity index (χ2v) is 4.37. The molecule has 0 atom stereocenters. The maximum absolute atomic E-state index is 11.8. The van der Waals surface area contributed by atoms with Crippen LogP contribution in [0.4, 0.5) is 5.69 Å². The van der Waals surface area contributed by atoms with E-state index in [-0.39, 0.29) is 24.5 Å². The van der Waals surface area contributed by atoms with E-state index in [0.717, 1.165) is 0 Å². The van der Waals surface area contributed by atoms with E-state index in [2.05, 4.69) is 5.32 Å². The molecule has 0 saturated heterocycles. The highest BCUT2D eigenvalue weighted by atomic mass is 16.5. The second kappa shape index (κ2) is 7.09. The van der Waals surface area contributed by atoms with Gasteiger partial charge in [-0.2, -0.15) is 0 Å². The number of rotatable bonds is 6. The van der Waals surface area contributed by atoms with Crippen LogP contribution in [-0.4, -0.2) is 18.4 Å². The average molecular weight is 284 g/mol. The van der Waals surface area contributed by atoms with Crippen LogP contribution in [0.3, 0.4) is 0 Å². The number of hydrogen-bond acceptors (Lipinski definition) is 3. The third kappa shape index (κ3) is 4.35. The Bertz CT molecular complexity index is 626. The molecule has 0 bridgehead atoms. The second-order valence-electron chi connectivity index (χ2n) is 4.37. The van der Waals surface area contributed by atoms with E-state index in [0.29, 0.717) is 11.4 Å². The van der Waals surface area contributed by atoms with Gasteiger partial charge >= 0.3 is 0 Å². The summed E-state index contributed by atoms with van der Waals surface area (Å²) in [7, 11) is 0. The number of para-hydroxylation sites is 2. The molecule has 0 saturated carbocycles. The van der Waals surface area contributed by atoms with E-state index in [1.807, 2.05) is 30.3 Å². The highest BCUT2D eigenvalue weighted by Crippen LogP contribution is 2.14. The Kier molecular flexibility index (Phi) is 4.93. The summed E-state index contributed by atoms with van der Waals surface area (Å²) in [5.74, 6) is -0.103. The highest BCUT2D eigenvalue weighted by molar-refractivity contribution is 6.02. The number of primary amides is 1. The molecule has 108 valence electrons. The van der Waals surface area contributed by atoms with Gasteiger partial charge < -0.3 is 15.8 Å². The number of anilines is 1. The van der Waals surface area contributed by atoms with Crippen molar-refractivity contribution >= 4 is 17.5 Å². The lowest BCUT2D eigenvalue weighted by Crippen LogP contribution is -2.19. The summed E-state index contributed by atoms with van der Waals surface area (Å²) in [4.78, 5) is 23.1. The molecule has 21 heavy (non-hydrogen) atoms. The Hall–Kier alpha value is -2.82. The van der Waals surface area contributed by atoms with E-state index in [4.69, 9.17) is 10.5 Å². The quantitative estimate of drug-likeness (QED) is 0.853. The largest absolute Gasteiger partial charge is 0.493 e. The third-order valence-electron chi connectivity index (χ3n) is 2.81. The summed E-state index contributed by atoms with van der Waals surface area (Å²) >= 11 is 0. The Balaban J connectivity index is 1.86. The van der Waals surface area contributed by atoms with Gasteiger partial charge in [-0.3, -0.25) is 9.59 Å². The first-order valence-electron chi connectivity index (χ1n) is 6.53. The molecule has 0 spiro atoms. The van der Waals surface area contributed by atoms with Gasteiger partial charge in [0.05, 0.1) is 24.3 Å². The molecule has 0 radical (unpaired) electrons.